The third-order valence-corrected chi connectivity index (χ3v) is 3.12. The average Bonchev–Trinajstić information content (AvgIpc) is 2.38. The number of pyridine rings is 1. The molecule has 1 aromatic heterocycles. The molecule has 20 heavy (non-hydrogen) atoms. The van der Waals surface area contributed by atoms with Crippen molar-refractivity contribution in [3.8, 4) is 0 Å². The minimum atomic E-state index is -0.0525. The largest absolute Gasteiger partial charge is 0.393 e. The molecule has 0 spiro atoms. The first kappa shape index (κ1) is 16.4. The zero-order valence-electron chi connectivity index (χ0n) is 12.5. The molecule has 1 aromatic rings. The van der Waals surface area contributed by atoms with Crippen LogP contribution in [0.3, 0.4) is 0 Å². The number of aromatic nitrogens is 1. The predicted octanol–water partition coefficient (Wildman–Crippen LogP) is 1.67. The molecule has 0 saturated heterocycles. The predicted molar refractivity (Wildman–Crippen MR) is 86.1 cm³/mol. The topological polar surface area (TPSA) is 62.5 Å². The zero-order chi connectivity index (χ0) is 15.3. The number of nitrogens with two attached hydrogens (primary N) is 1. The molecule has 0 saturated carbocycles. The third kappa shape index (κ3) is 4.45. The lowest BCUT2D eigenvalue weighted by atomic mass is 10.2. The molecule has 0 bridgehead atoms. The number of anilines is 1. The van der Waals surface area contributed by atoms with E-state index in [0.29, 0.717) is 17.0 Å². The number of thiocarbonyl (C=S) groups is 1. The van der Waals surface area contributed by atoms with Gasteiger partial charge in [0.25, 0.3) is 5.91 Å². The van der Waals surface area contributed by atoms with Crippen LogP contribution >= 0.6 is 12.2 Å². The quantitative estimate of drug-likeness (QED) is 0.809. The fourth-order valence-corrected chi connectivity index (χ4v) is 1.90. The van der Waals surface area contributed by atoms with Gasteiger partial charge >= 0.3 is 0 Å². The smallest absolute Gasteiger partial charge is 0.254 e. The van der Waals surface area contributed by atoms with Crippen LogP contribution in [-0.2, 0) is 0 Å². The number of hydrogen-bond donors (Lipinski definition) is 1. The van der Waals surface area contributed by atoms with Crippen LogP contribution in [0.1, 0.15) is 30.6 Å². The summed E-state index contributed by atoms with van der Waals surface area (Å²) in [5.41, 5.74) is 6.13. The first-order valence-corrected chi connectivity index (χ1v) is 6.96. The summed E-state index contributed by atoms with van der Waals surface area (Å²) in [4.78, 5) is 20.3. The van der Waals surface area contributed by atoms with Gasteiger partial charge < -0.3 is 15.5 Å². The summed E-state index contributed by atoms with van der Waals surface area (Å²) in [6.45, 7) is 4.89. The van der Waals surface area contributed by atoms with E-state index in [9.17, 15) is 4.79 Å². The molecule has 1 amide bonds. The van der Waals surface area contributed by atoms with E-state index in [1.165, 1.54) is 4.90 Å². The van der Waals surface area contributed by atoms with Crippen molar-refractivity contribution in [3.63, 3.8) is 0 Å². The first-order valence-electron chi connectivity index (χ1n) is 6.55. The molecular weight excluding hydrogens is 272 g/mol. The lowest BCUT2D eigenvalue weighted by Gasteiger charge is -2.27. The standard InChI is InChI=1S/C14H22N4OS/c1-10(2)18(8-7-12(15)20)13-6-5-11(9-16-13)14(19)17(3)4/h5-6,9-10H,7-8H2,1-4H3,(H2,15,20). The molecule has 0 aliphatic heterocycles. The van der Waals surface area contributed by atoms with E-state index >= 15 is 0 Å². The van der Waals surface area contributed by atoms with Crippen LogP contribution in [0, 0.1) is 0 Å². The normalized spacial score (nSPS) is 10.4. The summed E-state index contributed by atoms with van der Waals surface area (Å²) < 4.78 is 0. The van der Waals surface area contributed by atoms with Gasteiger partial charge in [0, 0.05) is 39.3 Å². The van der Waals surface area contributed by atoms with Gasteiger partial charge in [-0.25, -0.2) is 4.98 Å². The highest BCUT2D eigenvalue weighted by molar-refractivity contribution is 7.80. The van der Waals surface area contributed by atoms with E-state index in [4.69, 9.17) is 18.0 Å². The van der Waals surface area contributed by atoms with Crippen LogP contribution in [0.4, 0.5) is 5.82 Å². The zero-order valence-corrected chi connectivity index (χ0v) is 13.3. The molecule has 5 nitrogen and oxygen atoms in total. The van der Waals surface area contributed by atoms with Gasteiger partial charge in [-0.2, -0.15) is 0 Å². The van der Waals surface area contributed by atoms with Gasteiger partial charge in [0.2, 0.25) is 0 Å². The van der Waals surface area contributed by atoms with Gasteiger partial charge in [-0.05, 0) is 26.0 Å². The van der Waals surface area contributed by atoms with E-state index in [1.807, 2.05) is 6.07 Å². The van der Waals surface area contributed by atoms with Crippen LogP contribution in [-0.4, -0.2) is 47.5 Å². The number of carbonyl (C=O) groups excluding carboxylic acids is 1. The number of rotatable bonds is 6. The van der Waals surface area contributed by atoms with Crippen LogP contribution < -0.4 is 10.6 Å². The lowest BCUT2D eigenvalue weighted by molar-refractivity contribution is 0.0827. The summed E-state index contributed by atoms with van der Waals surface area (Å²) in [5.74, 6) is 0.773. The number of nitrogens with zero attached hydrogens (tertiary/aromatic N) is 3. The molecule has 0 unspecified atom stereocenters. The summed E-state index contributed by atoms with van der Waals surface area (Å²) in [7, 11) is 3.44. The van der Waals surface area contributed by atoms with Crippen LogP contribution in [0.25, 0.3) is 0 Å². The SMILES string of the molecule is CC(C)N(CCC(N)=S)c1ccc(C(=O)N(C)C)cn1. The molecule has 110 valence electrons. The second kappa shape index (κ2) is 7.19. The average molecular weight is 294 g/mol. The molecule has 0 atom stereocenters. The van der Waals surface area contributed by atoms with Gasteiger partial charge in [-0.3, -0.25) is 4.79 Å². The van der Waals surface area contributed by atoms with Crippen molar-refractivity contribution < 1.29 is 4.79 Å². The second-order valence-electron chi connectivity index (χ2n) is 5.11. The molecule has 1 heterocycles. The Kier molecular flexibility index (Phi) is 5.88. The van der Waals surface area contributed by atoms with Crippen LogP contribution in [0.2, 0.25) is 0 Å². The maximum Gasteiger partial charge on any atom is 0.254 e. The van der Waals surface area contributed by atoms with Crippen molar-refractivity contribution in [2.45, 2.75) is 26.3 Å². The summed E-state index contributed by atoms with van der Waals surface area (Å²) in [5, 5.41) is 0. The van der Waals surface area contributed by atoms with Gasteiger partial charge in [0.15, 0.2) is 0 Å². The Balaban J connectivity index is 2.88. The van der Waals surface area contributed by atoms with Crippen molar-refractivity contribution in [1.29, 1.82) is 0 Å². The number of carbonyl (C=O) groups is 1. The summed E-state index contributed by atoms with van der Waals surface area (Å²) in [6.07, 6.45) is 2.25. The minimum absolute atomic E-state index is 0.0525. The lowest BCUT2D eigenvalue weighted by Crippen LogP contribution is -2.34. The molecule has 0 radical (unpaired) electrons. The highest BCUT2D eigenvalue weighted by Crippen LogP contribution is 2.15. The van der Waals surface area contributed by atoms with Crippen molar-refractivity contribution in [2.75, 3.05) is 25.5 Å². The molecule has 0 fully saturated rings. The number of amides is 1. The highest BCUT2D eigenvalue weighted by Gasteiger charge is 2.14. The summed E-state index contributed by atoms with van der Waals surface area (Å²) >= 11 is 4.91. The van der Waals surface area contributed by atoms with E-state index in [0.717, 1.165) is 12.4 Å². The fraction of sp³-hybridized carbons (Fsp3) is 0.500. The second-order valence-corrected chi connectivity index (χ2v) is 5.63. The van der Waals surface area contributed by atoms with Crippen LogP contribution in [0.5, 0.6) is 0 Å². The molecule has 0 aliphatic carbocycles. The minimum Gasteiger partial charge on any atom is -0.393 e. The van der Waals surface area contributed by atoms with Gasteiger partial charge in [0.1, 0.15) is 5.82 Å². The van der Waals surface area contributed by atoms with E-state index in [2.05, 4.69) is 23.7 Å². The summed E-state index contributed by atoms with van der Waals surface area (Å²) in [6, 6.07) is 3.93. The Labute approximate surface area is 125 Å². The van der Waals surface area contributed by atoms with E-state index in [-0.39, 0.29) is 11.9 Å². The molecule has 2 N–H and O–H groups in total. The van der Waals surface area contributed by atoms with Crippen molar-refractivity contribution >= 4 is 28.9 Å². The third-order valence-electron chi connectivity index (χ3n) is 2.92. The van der Waals surface area contributed by atoms with Crippen molar-refractivity contribution in [1.82, 2.24) is 9.88 Å². The molecule has 0 aliphatic rings. The first-order chi connectivity index (χ1) is 9.32. The van der Waals surface area contributed by atoms with Gasteiger partial charge in [-0.1, -0.05) is 12.2 Å². The number of hydrogen-bond acceptors (Lipinski definition) is 4. The van der Waals surface area contributed by atoms with Gasteiger partial charge in [0.05, 0.1) is 10.6 Å². The van der Waals surface area contributed by atoms with Crippen molar-refractivity contribution in [2.24, 2.45) is 5.73 Å². The van der Waals surface area contributed by atoms with Crippen molar-refractivity contribution in [3.05, 3.63) is 23.9 Å². The Morgan fingerprint density at radius 2 is 2.05 bits per heavy atom. The maximum atomic E-state index is 11.8. The van der Waals surface area contributed by atoms with Gasteiger partial charge in [-0.15, -0.1) is 0 Å². The molecular formula is C14H22N4OS. The monoisotopic (exact) mass is 294 g/mol. The molecule has 1 rings (SSSR count). The molecule has 6 heteroatoms. The Morgan fingerprint density at radius 3 is 2.45 bits per heavy atom. The Morgan fingerprint density at radius 1 is 1.40 bits per heavy atom. The van der Waals surface area contributed by atoms with Crippen LogP contribution in [0.15, 0.2) is 18.3 Å². The van der Waals surface area contributed by atoms with E-state index in [1.54, 1.807) is 26.4 Å². The maximum absolute atomic E-state index is 11.8. The molecule has 0 aromatic carbocycles. The van der Waals surface area contributed by atoms with E-state index < -0.39 is 0 Å². The fourth-order valence-electron chi connectivity index (χ4n) is 1.81. The highest BCUT2D eigenvalue weighted by atomic mass is 32.1. The Bertz CT molecular complexity index is 471. The Hall–Kier alpha value is -1.69.